The number of carbonyl (C=O) groups excluding carboxylic acids is 1. The second kappa shape index (κ2) is 7.68. The number of benzene rings is 1. The maximum absolute atomic E-state index is 11.4. The van der Waals surface area contributed by atoms with Gasteiger partial charge in [0.15, 0.2) is 0 Å². The van der Waals surface area contributed by atoms with Gasteiger partial charge in [-0.05, 0) is 32.1 Å². The molecule has 1 aromatic rings. The van der Waals surface area contributed by atoms with Gasteiger partial charge in [0.2, 0.25) is 0 Å². The molecule has 0 aliphatic rings. The SMILES string of the molecule is CCCN(C)CCNC(=O)Oc1ccccc1. The second-order valence-corrected chi connectivity index (χ2v) is 3.93. The zero-order valence-corrected chi connectivity index (χ0v) is 10.5. The minimum atomic E-state index is -0.402. The fourth-order valence-electron chi connectivity index (χ4n) is 1.47. The summed E-state index contributed by atoms with van der Waals surface area (Å²) in [5.41, 5.74) is 0. The Morgan fingerprint density at radius 2 is 2.00 bits per heavy atom. The monoisotopic (exact) mass is 236 g/mol. The normalized spacial score (nSPS) is 10.3. The molecule has 17 heavy (non-hydrogen) atoms. The van der Waals surface area contributed by atoms with Crippen molar-refractivity contribution in [2.45, 2.75) is 13.3 Å². The van der Waals surface area contributed by atoms with Crippen LogP contribution in [0.5, 0.6) is 5.75 Å². The summed E-state index contributed by atoms with van der Waals surface area (Å²) < 4.78 is 5.09. The Morgan fingerprint density at radius 1 is 1.29 bits per heavy atom. The van der Waals surface area contributed by atoms with Crippen LogP contribution in [-0.4, -0.2) is 37.7 Å². The molecule has 0 bridgehead atoms. The summed E-state index contributed by atoms with van der Waals surface area (Å²) in [6, 6.07) is 9.05. The van der Waals surface area contributed by atoms with Crippen LogP contribution in [0.4, 0.5) is 4.79 Å². The molecule has 1 amide bonds. The molecule has 0 aromatic heterocycles. The van der Waals surface area contributed by atoms with Gasteiger partial charge in [-0.2, -0.15) is 0 Å². The molecule has 0 fully saturated rings. The Bertz CT molecular complexity index is 327. The molecular weight excluding hydrogens is 216 g/mol. The standard InChI is InChI=1S/C13H20N2O2/c1-3-10-15(2)11-9-14-13(16)17-12-7-5-4-6-8-12/h4-8H,3,9-11H2,1-2H3,(H,14,16). The summed E-state index contributed by atoms with van der Waals surface area (Å²) in [4.78, 5) is 13.6. The van der Waals surface area contributed by atoms with Crippen molar-refractivity contribution in [3.05, 3.63) is 30.3 Å². The highest BCUT2D eigenvalue weighted by atomic mass is 16.5. The molecule has 0 aliphatic carbocycles. The van der Waals surface area contributed by atoms with Gasteiger partial charge in [0.25, 0.3) is 0 Å². The smallest absolute Gasteiger partial charge is 0.410 e. The van der Waals surface area contributed by atoms with Crippen LogP contribution in [0, 0.1) is 0 Å². The molecule has 0 aliphatic heterocycles. The predicted octanol–water partition coefficient (Wildman–Crippen LogP) is 2.12. The highest BCUT2D eigenvalue weighted by Crippen LogP contribution is 2.07. The van der Waals surface area contributed by atoms with Crippen LogP contribution in [0.15, 0.2) is 30.3 Å². The van der Waals surface area contributed by atoms with E-state index in [9.17, 15) is 4.79 Å². The number of nitrogens with one attached hydrogen (secondary N) is 1. The molecule has 4 nitrogen and oxygen atoms in total. The molecule has 0 heterocycles. The Kier molecular flexibility index (Phi) is 6.10. The number of nitrogens with zero attached hydrogens (tertiary/aromatic N) is 1. The van der Waals surface area contributed by atoms with E-state index in [2.05, 4.69) is 17.1 Å². The molecule has 1 rings (SSSR count). The summed E-state index contributed by atoms with van der Waals surface area (Å²) in [5, 5.41) is 2.72. The van der Waals surface area contributed by atoms with Crippen LogP contribution in [0.3, 0.4) is 0 Å². The van der Waals surface area contributed by atoms with Gasteiger partial charge >= 0.3 is 6.09 Å². The van der Waals surface area contributed by atoms with Crippen LogP contribution in [0.1, 0.15) is 13.3 Å². The lowest BCUT2D eigenvalue weighted by Crippen LogP contribution is -2.34. The Labute approximate surface area is 103 Å². The third-order valence-corrected chi connectivity index (χ3v) is 2.32. The summed E-state index contributed by atoms with van der Waals surface area (Å²) in [5.74, 6) is 0.562. The van der Waals surface area contributed by atoms with E-state index < -0.39 is 6.09 Å². The second-order valence-electron chi connectivity index (χ2n) is 3.93. The molecular formula is C13H20N2O2. The summed E-state index contributed by atoms with van der Waals surface area (Å²) in [6.45, 7) is 4.60. The highest BCUT2D eigenvalue weighted by molar-refractivity contribution is 5.70. The van der Waals surface area contributed by atoms with Crippen LogP contribution in [0.25, 0.3) is 0 Å². The number of amides is 1. The number of hydrogen-bond acceptors (Lipinski definition) is 3. The van der Waals surface area contributed by atoms with E-state index >= 15 is 0 Å². The fraction of sp³-hybridized carbons (Fsp3) is 0.462. The van der Waals surface area contributed by atoms with Gasteiger partial charge in [0, 0.05) is 13.1 Å². The predicted molar refractivity (Wildman–Crippen MR) is 68.3 cm³/mol. The van der Waals surface area contributed by atoms with Crippen molar-refractivity contribution in [2.24, 2.45) is 0 Å². The quantitative estimate of drug-likeness (QED) is 0.822. The van der Waals surface area contributed by atoms with Crippen LogP contribution < -0.4 is 10.1 Å². The lowest BCUT2D eigenvalue weighted by molar-refractivity contribution is 0.198. The Morgan fingerprint density at radius 3 is 2.65 bits per heavy atom. The van der Waals surface area contributed by atoms with Gasteiger partial charge in [-0.1, -0.05) is 25.1 Å². The molecule has 0 spiro atoms. The Balaban J connectivity index is 2.18. The lowest BCUT2D eigenvalue weighted by Gasteiger charge is -2.15. The number of rotatable bonds is 6. The van der Waals surface area contributed by atoms with Gasteiger partial charge in [0.05, 0.1) is 0 Å². The summed E-state index contributed by atoms with van der Waals surface area (Å²) >= 11 is 0. The van der Waals surface area contributed by atoms with Crippen molar-refractivity contribution in [2.75, 3.05) is 26.7 Å². The zero-order chi connectivity index (χ0) is 12.5. The minimum Gasteiger partial charge on any atom is -0.410 e. The van der Waals surface area contributed by atoms with Crippen LogP contribution in [0.2, 0.25) is 0 Å². The van der Waals surface area contributed by atoms with Gasteiger partial charge in [-0.25, -0.2) is 4.79 Å². The maximum atomic E-state index is 11.4. The van der Waals surface area contributed by atoms with Crippen LogP contribution in [-0.2, 0) is 0 Å². The summed E-state index contributed by atoms with van der Waals surface area (Å²) in [6.07, 6.45) is 0.714. The molecule has 0 radical (unpaired) electrons. The fourth-order valence-corrected chi connectivity index (χ4v) is 1.47. The minimum absolute atomic E-state index is 0.402. The van der Waals surface area contributed by atoms with Crippen molar-refractivity contribution in [3.63, 3.8) is 0 Å². The summed E-state index contributed by atoms with van der Waals surface area (Å²) in [7, 11) is 2.04. The first-order valence-corrected chi connectivity index (χ1v) is 5.91. The lowest BCUT2D eigenvalue weighted by atomic mass is 10.3. The van der Waals surface area contributed by atoms with Gasteiger partial charge in [-0.15, -0.1) is 0 Å². The number of ether oxygens (including phenoxy) is 1. The molecule has 1 N–H and O–H groups in total. The van der Waals surface area contributed by atoms with Gasteiger partial charge in [-0.3, -0.25) is 0 Å². The van der Waals surface area contributed by atoms with E-state index in [0.717, 1.165) is 19.5 Å². The third-order valence-electron chi connectivity index (χ3n) is 2.32. The van der Waals surface area contributed by atoms with Crippen molar-refractivity contribution in [1.29, 1.82) is 0 Å². The van der Waals surface area contributed by atoms with E-state index in [1.165, 1.54) is 0 Å². The van der Waals surface area contributed by atoms with Crippen molar-refractivity contribution in [1.82, 2.24) is 10.2 Å². The largest absolute Gasteiger partial charge is 0.412 e. The molecule has 0 atom stereocenters. The topological polar surface area (TPSA) is 41.6 Å². The molecule has 1 aromatic carbocycles. The van der Waals surface area contributed by atoms with Crippen molar-refractivity contribution in [3.8, 4) is 5.75 Å². The number of para-hydroxylation sites is 1. The van der Waals surface area contributed by atoms with E-state index in [4.69, 9.17) is 4.74 Å². The molecule has 0 saturated carbocycles. The van der Waals surface area contributed by atoms with E-state index in [1.54, 1.807) is 12.1 Å². The maximum Gasteiger partial charge on any atom is 0.412 e. The van der Waals surface area contributed by atoms with Crippen molar-refractivity contribution >= 4 is 6.09 Å². The van der Waals surface area contributed by atoms with Gasteiger partial charge < -0.3 is 15.0 Å². The third kappa shape index (κ3) is 5.92. The first-order valence-electron chi connectivity index (χ1n) is 5.91. The molecule has 94 valence electrons. The highest BCUT2D eigenvalue weighted by Gasteiger charge is 2.03. The first kappa shape index (κ1) is 13.5. The van der Waals surface area contributed by atoms with E-state index in [1.807, 2.05) is 25.2 Å². The van der Waals surface area contributed by atoms with Crippen molar-refractivity contribution < 1.29 is 9.53 Å². The number of carbonyl (C=O) groups is 1. The average molecular weight is 236 g/mol. The average Bonchev–Trinajstić information content (AvgIpc) is 2.30. The molecule has 4 heteroatoms. The van der Waals surface area contributed by atoms with E-state index in [0.29, 0.717) is 12.3 Å². The number of hydrogen-bond donors (Lipinski definition) is 1. The zero-order valence-electron chi connectivity index (χ0n) is 10.5. The Hall–Kier alpha value is -1.55. The first-order chi connectivity index (χ1) is 8.22. The van der Waals surface area contributed by atoms with Crippen LogP contribution >= 0.6 is 0 Å². The molecule has 0 saturated heterocycles. The number of likely N-dealkylation sites (N-methyl/N-ethyl adjacent to an activating group) is 1. The van der Waals surface area contributed by atoms with Gasteiger partial charge in [0.1, 0.15) is 5.75 Å². The van der Waals surface area contributed by atoms with E-state index in [-0.39, 0.29) is 0 Å². The molecule has 0 unspecified atom stereocenters.